The summed E-state index contributed by atoms with van der Waals surface area (Å²) < 4.78 is 48.5. The van der Waals surface area contributed by atoms with Crippen molar-refractivity contribution in [3.8, 4) is 5.75 Å². The number of phenolic OH excluding ortho intramolecular Hbond substituents is 1. The lowest BCUT2D eigenvalue weighted by Crippen LogP contribution is -2.38. The Hall–Kier alpha value is -1.30. The van der Waals surface area contributed by atoms with Gasteiger partial charge in [-0.15, -0.1) is 0 Å². The van der Waals surface area contributed by atoms with Crippen LogP contribution in [0.1, 0.15) is 5.56 Å². The summed E-state index contributed by atoms with van der Waals surface area (Å²) in [6, 6.07) is 6.10. The summed E-state index contributed by atoms with van der Waals surface area (Å²) in [4.78, 5) is 0. The highest BCUT2D eigenvalue weighted by molar-refractivity contribution is 5.31. The molecule has 0 aromatic heterocycles. The first kappa shape index (κ1) is 12.8. The monoisotopic (exact) mass is 237 g/mol. The van der Waals surface area contributed by atoms with Crippen molar-refractivity contribution in [2.45, 2.75) is 18.9 Å². The van der Waals surface area contributed by atoms with Gasteiger partial charge < -0.3 is 10.4 Å². The van der Waals surface area contributed by atoms with Crippen LogP contribution in [-0.4, -0.2) is 24.0 Å². The summed E-state index contributed by atoms with van der Waals surface area (Å²) in [6.07, 6.45) is -3.69. The van der Waals surface area contributed by atoms with Crippen LogP contribution < -0.4 is 5.32 Å². The molecule has 1 rings (SSSR count). The first-order chi connectivity index (χ1) is 7.43. The van der Waals surface area contributed by atoms with Crippen LogP contribution in [-0.2, 0) is 6.54 Å². The van der Waals surface area contributed by atoms with Crippen molar-refractivity contribution in [3.05, 3.63) is 29.8 Å². The minimum absolute atomic E-state index is 0.0598. The van der Waals surface area contributed by atoms with Gasteiger partial charge in [-0.05, 0) is 6.07 Å². The van der Waals surface area contributed by atoms with Gasteiger partial charge in [0.05, 0.1) is 6.54 Å². The smallest absolute Gasteiger partial charge is 0.319 e. The number of hydrogen-bond donors (Lipinski definition) is 2. The van der Waals surface area contributed by atoms with Crippen LogP contribution in [0.15, 0.2) is 24.3 Å². The summed E-state index contributed by atoms with van der Waals surface area (Å²) in [7, 11) is 0. The van der Waals surface area contributed by atoms with Gasteiger partial charge in [-0.3, -0.25) is 0 Å². The van der Waals surface area contributed by atoms with Gasteiger partial charge in [-0.1, -0.05) is 18.2 Å². The quantitative estimate of drug-likeness (QED) is 0.770. The molecule has 0 fully saturated rings. The van der Waals surface area contributed by atoms with E-state index in [4.69, 9.17) is 0 Å². The number of phenols is 1. The second-order valence-corrected chi connectivity index (χ2v) is 3.29. The molecule has 0 radical (unpaired) electrons. The topological polar surface area (TPSA) is 32.3 Å². The highest BCUT2D eigenvalue weighted by Gasteiger charge is 2.39. The standard InChI is InChI=1S/C10H11F4NO/c11-9(12)10(13,14)6-15-5-7-3-1-2-4-8(7)16/h1-4,9,15-16H,5-6H2. The van der Waals surface area contributed by atoms with E-state index in [9.17, 15) is 22.7 Å². The van der Waals surface area contributed by atoms with E-state index in [0.717, 1.165) is 0 Å². The summed E-state index contributed by atoms with van der Waals surface area (Å²) >= 11 is 0. The number of para-hydroxylation sites is 1. The van der Waals surface area contributed by atoms with Gasteiger partial charge in [0.1, 0.15) is 5.75 Å². The Morgan fingerprint density at radius 1 is 1.25 bits per heavy atom. The average Bonchev–Trinajstić information content (AvgIpc) is 2.20. The van der Waals surface area contributed by atoms with Gasteiger partial charge in [0.2, 0.25) is 0 Å². The van der Waals surface area contributed by atoms with E-state index < -0.39 is 18.9 Å². The molecule has 0 unspecified atom stereocenters. The molecule has 16 heavy (non-hydrogen) atoms. The number of halogens is 4. The van der Waals surface area contributed by atoms with Gasteiger partial charge in [0.15, 0.2) is 0 Å². The highest BCUT2D eigenvalue weighted by atomic mass is 19.3. The molecular formula is C10H11F4NO. The third-order valence-corrected chi connectivity index (χ3v) is 1.99. The fourth-order valence-electron chi connectivity index (χ4n) is 1.10. The van der Waals surface area contributed by atoms with E-state index in [1.54, 1.807) is 12.1 Å². The highest BCUT2D eigenvalue weighted by Crippen LogP contribution is 2.22. The SMILES string of the molecule is Oc1ccccc1CNCC(F)(F)C(F)F. The number of alkyl halides is 4. The summed E-state index contributed by atoms with van der Waals surface area (Å²) in [6.45, 7) is -1.21. The third kappa shape index (κ3) is 3.37. The number of aromatic hydroxyl groups is 1. The molecule has 0 amide bonds. The molecule has 1 aromatic rings. The van der Waals surface area contributed by atoms with Crippen molar-refractivity contribution in [2.75, 3.05) is 6.54 Å². The molecule has 0 bridgehead atoms. The predicted octanol–water partition coefficient (Wildman–Crippen LogP) is 2.38. The second-order valence-electron chi connectivity index (χ2n) is 3.29. The van der Waals surface area contributed by atoms with Crippen LogP contribution in [0, 0.1) is 0 Å². The average molecular weight is 237 g/mol. The van der Waals surface area contributed by atoms with Gasteiger partial charge >= 0.3 is 12.3 Å². The zero-order chi connectivity index (χ0) is 12.2. The van der Waals surface area contributed by atoms with Crippen molar-refractivity contribution in [2.24, 2.45) is 0 Å². The second kappa shape index (κ2) is 5.16. The lowest BCUT2D eigenvalue weighted by atomic mass is 10.2. The maximum atomic E-state index is 12.5. The van der Waals surface area contributed by atoms with E-state index >= 15 is 0 Å². The van der Waals surface area contributed by atoms with Gasteiger partial charge in [-0.25, -0.2) is 8.78 Å². The fraction of sp³-hybridized carbons (Fsp3) is 0.400. The third-order valence-electron chi connectivity index (χ3n) is 1.99. The number of nitrogens with one attached hydrogen (secondary N) is 1. The van der Waals surface area contributed by atoms with Crippen molar-refractivity contribution in [1.82, 2.24) is 5.32 Å². The molecule has 90 valence electrons. The summed E-state index contributed by atoms with van der Waals surface area (Å²) in [5, 5.41) is 11.4. The Labute approximate surface area is 89.9 Å². The zero-order valence-electron chi connectivity index (χ0n) is 8.26. The molecule has 2 N–H and O–H groups in total. The predicted molar refractivity (Wildman–Crippen MR) is 50.8 cm³/mol. The number of rotatable bonds is 5. The lowest BCUT2D eigenvalue weighted by molar-refractivity contribution is -0.125. The Morgan fingerprint density at radius 3 is 2.44 bits per heavy atom. The number of benzene rings is 1. The van der Waals surface area contributed by atoms with Crippen molar-refractivity contribution >= 4 is 0 Å². The van der Waals surface area contributed by atoms with Gasteiger partial charge in [-0.2, -0.15) is 8.78 Å². The van der Waals surface area contributed by atoms with Crippen LogP contribution in [0.3, 0.4) is 0 Å². The summed E-state index contributed by atoms with van der Waals surface area (Å²) in [5.74, 6) is -4.11. The van der Waals surface area contributed by atoms with E-state index in [2.05, 4.69) is 5.32 Å². The zero-order valence-corrected chi connectivity index (χ0v) is 8.26. The largest absolute Gasteiger partial charge is 0.508 e. The molecule has 0 saturated heterocycles. The van der Waals surface area contributed by atoms with Crippen molar-refractivity contribution < 1.29 is 22.7 Å². The lowest BCUT2D eigenvalue weighted by Gasteiger charge is -2.15. The molecular weight excluding hydrogens is 226 g/mol. The molecule has 2 nitrogen and oxygen atoms in total. The fourth-order valence-corrected chi connectivity index (χ4v) is 1.10. The van der Waals surface area contributed by atoms with E-state index in [1.165, 1.54) is 12.1 Å². The molecule has 6 heteroatoms. The van der Waals surface area contributed by atoms with Crippen LogP contribution in [0.2, 0.25) is 0 Å². The first-order valence-corrected chi connectivity index (χ1v) is 4.57. The Morgan fingerprint density at radius 2 is 1.88 bits per heavy atom. The van der Waals surface area contributed by atoms with E-state index in [1.807, 2.05) is 0 Å². The minimum Gasteiger partial charge on any atom is -0.508 e. The molecule has 0 heterocycles. The normalized spacial score (nSPS) is 12.1. The Bertz CT molecular complexity index is 343. The summed E-state index contributed by atoms with van der Waals surface area (Å²) in [5.41, 5.74) is 0.382. The first-order valence-electron chi connectivity index (χ1n) is 4.57. The molecule has 0 aliphatic heterocycles. The van der Waals surface area contributed by atoms with Crippen molar-refractivity contribution in [3.63, 3.8) is 0 Å². The molecule has 0 atom stereocenters. The van der Waals surface area contributed by atoms with E-state index in [0.29, 0.717) is 5.56 Å². The van der Waals surface area contributed by atoms with E-state index in [-0.39, 0.29) is 12.3 Å². The van der Waals surface area contributed by atoms with Crippen LogP contribution in [0.25, 0.3) is 0 Å². The Balaban J connectivity index is 2.45. The maximum absolute atomic E-state index is 12.5. The van der Waals surface area contributed by atoms with Crippen LogP contribution >= 0.6 is 0 Å². The minimum atomic E-state index is -4.05. The van der Waals surface area contributed by atoms with Crippen LogP contribution in [0.5, 0.6) is 5.75 Å². The number of hydrogen-bond acceptors (Lipinski definition) is 2. The molecule has 0 saturated carbocycles. The molecule has 0 aliphatic rings. The molecule has 0 spiro atoms. The van der Waals surface area contributed by atoms with Crippen LogP contribution in [0.4, 0.5) is 17.6 Å². The maximum Gasteiger partial charge on any atom is 0.319 e. The molecule has 0 aliphatic carbocycles. The van der Waals surface area contributed by atoms with Gasteiger partial charge in [0, 0.05) is 12.1 Å². The Kier molecular flexibility index (Phi) is 4.12. The van der Waals surface area contributed by atoms with Crippen molar-refractivity contribution in [1.29, 1.82) is 0 Å². The molecule has 1 aromatic carbocycles. The van der Waals surface area contributed by atoms with Gasteiger partial charge in [0.25, 0.3) is 0 Å².